The van der Waals surface area contributed by atoms with Crippen LogP contribution in [-0.2, 0) is 6.54 Å². The fraction of sp³-hybridized carbons (Fsp3) is 0.571. The molecule has 0 aliphatic heterocycles. The van der Waals surface area contributed by atoms with Crippen molar-refractivity contribution in [3.8, 4) is 0 Å². The van der Waals surface area contributed by atoms with E-state index in [2.05, 4.69) is 37.8 Å². The molecule has 0 fully saturated rings. The van der Waals surface area contributed by atoms with Gasteiger partial charge in [-0.15, -0.1) is 0 Å². The molecule has 0 spiro atoms. The van der Waals surface area contributed by atoms with E-state index in [4.69, 9.17) is 5.73 Å². The summed E-state index contributed by atoms with van der Waals surface area (Å²) in [6.07, 6.45) is 2.53. The van der Waals surface area contributed by atoms with Crippen molar-refractivity contribution >= 4 is 5.69 Å². The van der Waals surface area contributed by atoms with Crippen LogP contribution in [0.3, 0.4) is 0 Å². The lowest BCUT2D eigenvalue weighted by molar-refractivity contribution is 0.209. The van der Waals surface area contributed by atoms with E-state index in [1.54, 1.807) is 0 Å². The van der Waals surface area contributed by atoms with Crippen molar-refractivity contribution < 1.29 is 0 Å². The Labute approximate surface area is 99.5 Å². The molecule has 0 radical (unpaired) electrons. The second-order valence-corrected chi connectivity index (χ2v) is 4.66. The smallest absolute Gasteiger partial charge is 0.0314 e. The van der Waals surface area contributed by atoms with Crippen molar-refractivity contribution in [3.05, 3.63) is 29.8 Å². The van der Waals surface area contributed by atoms with E-state index in [1.165, 1.54) is 24.9 Å². The Kier molecular flexibility index (Phi) is 5.33. The van der Waals surface area contributed by atoms with Crippen LogP contribution in [0, 0.1) is 0 Å². The maximum atomic E-state index is 5.68. The molecule has 2 nitrogen and oxygen atoms in total. The second kappa shape index (κ2) is 6.54. The molecule has 0 bridgehead atoms. The fourth-order valence-electron chi connectivity index (χ4n) is 1.74. The summed E-state index contributed by atoms with van der Waals surface area (Å²) >= 11 is 0. The van der Waals surface area contributed by atoms with Crippen molar-refractivity contribution in [1.29, 1.82) is 0 Å². The zero-order valence-electron chi connectivity index (χ0n) is 10.7. The largest absolute Gasteiger partial charge is 0.399 e. The number of nitrogens with two attached hydrogens (primary N) is 1. The van der Waals surface area contributed by atoms with Crippen LogP contribution < -0.4 is 5.73 Å². The standard InChI is InChI=1S/C14H24N2/c1-4-5-10-16(12(2)3)11-13-6-8-14(15)9-7-13/h6-9,12H,4-5,10-11,15H2,1-3H3. The van der Waals surface area contributed by atoms with Crippen molar-refractivity contribution in [1.82, 2.24) is 4.90 Å². The first-order chi connectivity index (χ1) is 7.63. The summed E-state index contributed by atoms with van der Waals surface area (Å²) in [5, 5.41) is 0. The first-order valence-electron chi connectivity index (χ1n) is 6.22. The summed E-state index contributed by atoms with van der Waals surface area (Å²) in [7, 11) is 0. The molecule has 0 amide bonds. The lowest BCUT2D eigenvalue weighted by Crippen LogP contribution is -2.31. The van der Waals surface area contributed by atoms with Crippen LogP contribution in [0.15, 0.2) is 24.3 Å². The molecule has 2 heteroatoms. The Morgan fingerprint density at radius 2 is 1.81 bits per heavy atom. The second-order valence-electron chi connectivity index (χ2n) is 4.66. The Bertz CT molecular complexity index is 290. The van der Waals surface area contributed by atoms with Crippen molar-refractivity contribution in [2.45, 2.75) is 46.2 Å². The van der Waals surface area contributed by atoms with Crippen LogP contribution in [0.25, 0.3) is 0 Å². The average Bonchev–Trinajstić information content (AvgIpc) is 2.26. The zero-order chi connectivity index (χ0) is 12.0. The predicted molar refractivity (Wildman–Crippen MR) is 71.3 cm³/mol. The molecular weight excluding hydrogens is 196 g/mol. The molecule has 0 saturated carbocycles. The number of rotatable bonds is 6. The Morgan fingerprint density at radius 3 is 2.31 bits per heavy atom. The normalized spacial score (nSPS) is 11.3. The number of unbranched alkanes of at least 4 members (excludes halogenated alkanes) is 1. The first-order valence-corrected chi connectivity index (χ1v) is 6.22. The van der Waals surface area contributed by atoms with Gasteiger partial charge in [0.2, 0.25) is 0 Å². The highest BCUT2D eigenvalue weighted by Crippen LogP contribution is 2.11. The maximum Gasteiger partial charge on any atom is 0.0314 e. The van der Waals surface area contributed by atoms with E-state index in [1.807, 2.05) is 12.1 Å². The number of anilines is 1. The van der Waals surface area contributed by atoms with Crippen LogP contribution >= 0.6 is 0 Å². The van der Waals surface area contributed by atoms with E-state index in [9.17, 15) is 0 Å². The van der Waals surface area contributed by atoms with Gasteiger partial charge in [-0.25, -0.2) is 0 Å². The van der Waals surface area contributed by atoms with Gasteiger partial charge in [0.15, 0.2) is 0 Å². The molecule has 90 valence electrons. The third kappa shape index (κ3) is 4.23. The van der Waals surface area contributed by atoms with Crippen LogP contribution in [0.1, 0.15) is 39.2 Å². The van der Waals surface area contributed by atoms with Gasteiger partial charge in [-0.05, 0) is 44.5 Å². The lowest BCUT2D eigenvalue weighted by Gasteiger charge is -2.26. The van der Waals surface area contributed by atoms with E-state index in [0.29, 0.717) is 6.04 Å². The summed E-state index contributed by atoms with van der Waals surface area (Å²) in [6, 6.07) is 8.80. The van der Waals surface area contributed by atoms with Crippen LogP contribution in [-0.4, -0.2) is 17.5 Å². The van der Waals surface area contributed by atoms with Gasteiger partial charge >= 0.3 is 0 Å². The molecule has 0 atom stereocenters. The summed E-state index contributed by atoms with van der Waals surface area (Å²) in [4.78, 5) is 2.51. The lowest BCUT2D eigenvalue weighted by atomic mass is 10.1. The molecule has 0 unspecified atom stereocenters. The Balaban J connectivity index is 2.57. The number of nitrogens with zero attached hydrogens (tertiary/aromatic N) is 1. The SMILES string of the molecule is CCCCN(Cc1ccc(N)cc1)C(C)C. The summed E-state index contributed by atoms with van der Waals surface area (Å²) in [5.41, 5.74) is 7.87. The molecule has 2 N–H and O–H groups in total. The van der Waals surface area contributed by atoms with Gasteiger partial charge in [0.25, 0.3) is 0 Å². The molecule has 0 heterocycles. The number of nitrogen functional groups attached to an aromatic ring is 1. The molecule has 1 rings (SSSR count). The Morgan fingerprint density at radius 1 is 1.19 bits per heavy atom. The van der Waals surface area contributed by atoms with Gasteiger partial charge < -0.3 is 5.73 Å². The first kappa shape index (κ1) is 13.0. The molecule has 0 aliphatic rings. The van der Waals surface area contributed by atoms with Crippen molar-refractivity contribution in [3.63, 3.8) is 0 Å². The molecule has 0 saturated heterocycles. The highest BCUT2D eigenvalue weighted by atomic mass is 15.1. The van der Waals surface area contributed by atoms with Gasteiger partial charge in [-0.2, -0.15) is 0 Å². The third-order valence-electron chi connectivity index (χ3n) is 2.89. The fourth-order valence-corrected chi connectivity index (χ4v) is 1.74. The number of benzene rings is 1. The number of hydrogen-bond acceptors (Lipinski definition) is 2. The monoisotopic (exact) mass is 220 g/mol. The number of hydrogen-bond donors (Lipinski definition) is 1. The highest BCUT2D eigenvalue weighted by molar-refractivity contribution is 5.39. The molecule has 1 aromatic rings. The quantitative estimate of drug-likeness (QED) is 0.745. The van der Waals surface area contributed by atoms with E-state index in [-0.39, 0.29) is 0 Å². The Hall–Kier alpha value is -1.02. The molecule has 1 aromatic carbocycles. The molecular formula is C14H24N2. The van der Waals surface area contributed by atoms with E-state index in [0.717, 1.165) is 12.2 Å². The molecule has 16 heavy (non-hydrogen) atoms. The molecule has 0 aromatic heterocycles. The van der Waals surface area contributed by atoms with Crippen LogP contribution in [0.2, 0.25) is 0 Å². The van der Waals surface area contributed by atoms with Crippen LogP contribution in [0.5, 0.6) is 0 Å². The minimum Gasteiger partial charge on any atom is -0.399 e. The summed E-state index contributed by atoms with van der Waals surface area (Å²) in [5.74, 6) is 0. The van der Waals surface area contributed by atoms with Crippen molar-refractivity contribution in [2.24, 2.45) is 0 Å². The van der Waals surface area contributed by atoms with Crippen LogP contribution in [0.4, 0.5) is 5.69 Å². The van der Waals surface area contributed by atoms with Gasteiger partial charge in [0.1, 0.15) is 0 Å². The predicted octanol–water partition coefficient (Wildman–Crippen LogP) is 3.28. The van der Waals surface area contributed by atoms with Crippen molar-refractivity contribution in [2.75, 3.05) is 12.3 Å². The van der Waals surface area contributed by atoms with Gasteiger partial charge in [-0.3, -0.25) is 4.90 Å². The minimum atomic E-state index is 0.601. The van der Waals surface area contributed by atoms with E-state index >= 15 is 0 Å². The maximum absolute atomic E-state index is 5.68. The highest BCUT2D eigenvalue weighted by Gasteiger charge is 2.08. The van der Waals surface area contributed by atoms with E-state index < -0.39 is 0 Å². The van der Waals surface area contributed by atoms with Gasteiger partial charge in [0, 0.05) is 18.3 Å². The topological polar surface area (TPSA) is 29.3 Å². The average molecular weight is 220 g/mol. The van der Waals surface area contributed by atoms with Gasteiger partial charge in [0.05, 0.1) is 0 Å². The molecule has 0 aliphatic carbocycles. The summed E-state index contributed by atoms with van der Waals surface area (Å²) in [6.45, 7) is 8.96. The zero-order valence-corrected chi connectivity index (χ0v) is 10.7. The third-order valence-corrected chi connectivity index (χ3v) is 2.89. The minimum absolute atomic E-state index is 0.601. The van der Waals surface area contributed by atoms with Gasteiger partial charge in [-0.1, -0.05) is 25.5 Å². The summed E-state index contributed by atoms with van der Waals surface area (Å²) < 4.78 is 0.